The second-order valence-corrected chi connectivity index (χ2v) is 3.68. The van der Waals surface area contributed by atoms with E-state index in [0.29, 0.717) is 0 Å². The smallest absolute Gasteiger partial charge is 0.385 e. The summed E-state index contributed by atoms with van der Waals surface area (Å²) in [6, 6.07) is 0. The van der Waals surface area contributed by atoms with Crippen molar-refractivity contribution >= 4 is 10.1 Å². The molecular formula is C5H9F3O4S. The molecule has 0 N–H and O–H groups in total. The van der Waals surface area contributed by atoms with Gasteiger partial charge >= 0.3 is 15.6 Å². The molecule has 13 heavy (non-hydrogen) atoms. The Labute approximate surface area is 73.8 Å². The van der Waals surface area contributed by atoms with Crippen molar-refractivity contribution in [2.24, 2.45) is 0 Å². The van der Waals surface area contributed by atoms with E-state index in [1.165, 1.54) is 7.11 Å². The molecule has 0 radical (unpaired) electrons. The third kappa shape index (κ3) is 4.44. The molecule has 0 heterocycles. The Balaban J connectivity index is 3.92. The van der Waals surface area contributed by atoms with Crippen LogP contribution in [0, 0.1) is 0 Å². The molecule has 0 spiro atoms. The van der Waals surface area contributed by atoms with Crippen molar-refractivity contribution in [2.45, 2.75) is 11.9 Å². The first kappa shape index (κ1) is 12.7. The fourth-order valence-corrected chi connectivity index (χ4v) is 0.910. The zero-order valence-corrected chi connectivity index (χ0v) is 7.61. The Morgan fingerprint density at radius 1 is 1.23 bits per heavy atom. The van der Waals surface area contributed by atoms with Crippen molar-refractivity contribution in [3.63, 3.8) is 0 Å². The van der Waals surface area contributed by atoms with Gasteiger partial charge in [-0.05, 0) is 6.42 Å². The number of methoxy groups -OCH3 is 1. The second kappa shape index (κ2) is 4.77. The SMILES string of the molecule is COCCCOS(=O)(=O)C(F)(F)F. The van der Waals surface area contributed by atoms with E-state index in [9.17, 15) is 21.6 Å². The third-order valence-corrected chi connectivity index (χ3v) is 2.06. The van der Waals surface area contributed by atoms with Crippen LogP contribution in [0.4, 0.5) is 13.2 Å². The van der Waals surface area contributed by atoms with Gasteiger partial charge in [-0.25, -0.2) is 0 Å². The average Bonchev–Trinajstić information content (AvgIpc) is 1.96. The summed E-state index contributed by atoms with van der Waals surface area (Å²) in [6.45, 7) is -0.386. The van der Waals surface area contributed by atoms with Gasteiger partial charge in [-0.3, -0.25) is 4.18 Å². The summed E-state index contributed by atoms with van der Waals surface area (Å²) in [5.74, 6) is 0. The van der Waals surface area contributed by atoms with Gasteiger partial charge in [0.05, 0.1) is 6.61 Å². The summed E-state index contributed by atoms with van der Waals surface area (Å²) < 4.78 is 63.4. The molecule has 0 atom stereocenters. The number of ether oxygens (including phenoxy) is 1. The van der Waals surface area contributed by atoms with Crippen molar-refractivity contribution in [3.8, 4) is 0 Å². The fourth-order valence-electron chi connectivity index (χ4n) is 0.439. The Hall–Kier alpha value is -0.340. The van der Waals surface area contributed by atoms with Crippen LogP contribution in [0.5, 0.6) is 0 Å². The van der Waals surface area contributed by atoms with E-state index in [0.717, 1.165) is 0 Å². The third-order valence-electron chi connectivity index (χ3n) is 1.01. The molecule has 0 unspecified atom stereocenters. The van der Waals surface area contributed by atoms with Crippen molar-refractivity contribution in [3.05, 3.63) is 0 Å². The normalized spacial score (nSPS) is 13.2. The first-order valence-corrected chi connectivity index (χ1v) is 4.66. The number of hydrogen-bond acceptors (Lipinski definition) is 4. The number of alkyl halides is 3. The van der Waals surface area contributed by atoms with Gasteiger partial charge in [-0.1, -0.05) is 0 Å². The molecular weight excluding hydrogens is 213 g/mol. The molecule has 0 rings (SSSR count). The standard InChI is InChI=1S/C5H9F3O4S/c1-11-3-2-4-12-13(9,10)5(6,7)8/h2-4H2,1H3. The van der Waals surface area contributed by atoms with Gasteiger partial charge in [-0.15, -0.1) is 0 Å². The number of rotatable bonds is 5. The molecule has 0 aliphatic heterocycles. The van der Waals surface area contributed by atoms with Gasteiger partial charge in [0.2, 0.25) is 0 Å². The molecule has 0 aliphatic carbocycles. The van der Waals surface area contributed by atoms with Gasteiger partial charge in [0.25, 0.3) is 0 Å². The predicted octanol–water partition coefficient (Wildman–Crippen LogP) is 0.889. The van der Waals surface area contributed by atoms with Gasteiger partial charge in [0.15, 0.2) is 0 Å². The first-order chi connectivity index (χ1) is 5.81. The molecule has 0 aliphatic rings. The maximum absolute atomic E-state index is 11.6. The molecule has 80 valence electrons. The highest BCUT2D eigenvalue weighted by atomic mass is 32.2. The lowest BCUT2D eigenvalue weighted by Crippen LogP contribution is -2.26. The summed E-state index contributed by atoms with van der Waals surface area (Å²) in [6.07, 6.45) is 0.0891. The summed E-state index contributed by atoms with van der Waals surface area (Å²) >= 11 is 0. The Morgan fingerprint density at radius 2 is 1.77 bits per heavy atom. The molecule has 0 fully saturated rings. The van der Waals surface area contributed by atoms with Crippen molar-refractivity contribution in [1.29, 1.82) is 0 Å². The van der Waals surface area contributed by atoms with Crippen molar-refractivity contribution in [1.82, 2.24) is 0 Å². The molecule has 0 aromatic heterocycles. The van der Waals surface area contributed by atoms with Gasteiger partial charge in [-0.2, -0.15) is 21.6 Å². The minimum Gasteiger partial charge on any atom is -0.385 e. The van der Waals surface area contributed by atoms with Crippen LogP contribution in [0.15, 0.2) is 0 Å². The van der Waals surface area contributed by atoms with Crippen LogP contribution in [-0.2, 0) is 19.0 Å². The largest absolute Gasteiger partial charge is 0.523 e. The monoisotopic (exact) mass is 222 g/mol. The molecule has 8 heteroatoms. The predicted molar refractivity (Wildman–Crippen MR) is 37.4 cm³/mol. The summed E-state index contributed by atoms with van der Waals surface area (Å²) in [4.78, 5) is 0. The molecule has 0 saturated carbocycles. The van der Waals surface area contributed by atoms with Crippen LogP contribution in [0.2, 0.25) is 0 Å². The van der Waals surface area contributed by atoms with E-state index in [1.54, 1.807) is 0 Å². The van der Waals surface area contributed by atoms with Crippen LogP contribution < -0.4 is 0 Å². The number of hydrogen-bond donors (Lipinski definition) is 0. The molecule has 0 amide bonds. The first-order valence-electron chi connectivity index (χ1n) is 3.26. The lowest BCUT2D eigenvalue weighted by Gasteiger charge is -2.07. The number of halogens is 3. The highest BCUT2D eigenvalue weighted by Gasteiger charge is 2.47. The van der Waals surface area contributed by atoms with E-state index < -0.39 is 22.2 Å². The minimum absolute atomic E-state index is 0.0891. The van der Waals surface area contributed by atoms with Gasteiger partial charge in [0, 0.05) is 13.7 Å². The van der Waals surface area contributed by atoms with Gasteiger partial charge < -0.3 is 4.74 Å². The van der Waals surface area contributed by atoms with E-state index in [1.807, 2.05) is 0 Å². The van der Waals surface area contributed by atoms with Crippen LogP contribution in [0.25, 0.3) is 0 Å². The Morgan fingerprint density at radius 3 is 2.15 bits per heavy atom. The Kier molecular flexibility index (Phi) is 4.65. The highest BCUT2D eigenvalue weighted by molar-refractivity contribution is 7.87. The maximum atomic E-state index is 11.6. The minimum atomic E-state index is -5.43. The van der Waals surface area contributed by atoms with Crippen molar-refractivity contribution < 1.29 is 30.5 Å². The lowest BCUT2D eigenvalue weighted by atomic mass is 10.5. The fraction of sp³-hybridized carbons (Fsp3) is 1.00. The summed E-state index contributed by atoms with van der Waals surface area (Å²) in [7, 11) is -4.09. The summed E-state index contributed by atoms with van der Waals surface area (Å²) in [5, 5.41) is 0. The maximum Gasteiger partial charge on any atom is 0.523 e. The van der Waals surface area contributed by atoms with E-state index in [4.69, 9.17) is 0 Å². The van der Waals surface area contributed by atoms with E-state index >= 15 is 0 Å². The van der Waals surface area contributed by atoms with Gasteiger partial charge in [0.1, 0.15) is 0 Å². The molecule has 4 nitrogen and oxygen atoms in total. The Bertz CT molecular complexity index is 233. The highest BCUT2D eigenvalue weighted by Crippen LogP contribution is 2.24. The lowest BCUT2D eigenvalue weighted by molar-refractivity contribution is -0.0545. The molecule has 0 bridgehead atoms. The zero-order chi connectivity index (χ0) is 10.5. The molecule has 0 aromatic rings. The zero-order valence-electron chi connectivity index (χ0n) is 6.80. The van der Waals surface area contributed by atoms with E-state index in [-0.39, 0.29) is 13.0 Å². The van der Waals surface area contributed by atoms with E-state index in [2.05, 4.69) is 8.92 Å². The van der Waals surface area contributed by atoms with Crippen LogP contribution >= 0.6 is 0 Å². The second-order valence-electron chi connectivity index (χ2n) is 2.07. The summed E-state index contributed by atoms with van der Waals surface area (Å²) in [5.41, 5.74) is -5.35. The average molecular weight is 222 g/mol. The van der Waals surface area contributed by atoms with Crippen LogP contribution in [0.1, 0.15) is 6.42 Å². The van der Waals surface area contributed by atoms with Crippen molar-refractivity contribution in [2.75, 3.05) is 20.3 Å². The van der Waals surface area contributed by atoms with Crippen LogP contribution in [-0.4, -0.2) is 34.2 Å². The van der Waals surface area contributed by atoms with Crippen LogP contribution in [0.3, 0.4) is 0 Å². The quantitative estimate of drug-likeness (QED) is 0.394. The molecule has 0 aromatic carbocycles. The topological polar surface area (TPSA) is 52.6 Å². The molecule has 0 saturated heterocycles.